The number of likely N-dealkylation sites (N-methyl/N-ethyl adjacent to an activating group) is 1. The fraction of sp³-hybridized carbons (Fsp3) is 1.00. The molecule has 2 nitrogen and oxygen atoms in total. The highest BCUT2D eigenvalue weighted by atomic mass is 15.4. The zero-order valence-electron chi connectivity index (χ0n) is 7.28. The Hall–Kier alpha value is -0.0800. The van der Waals surface area contributed by atoms with Crippen molar-refractivity contribution >= 4 is 0 Å². The van der Waals surface area contributed by atoms with Crippen LogP contribution in [0.4, 0.5) is 0 Å². The molecule has 0 atom stereocenters. The third-order valence-electron chi connectivity index (χ3n) is 2.80. The minimum atomic E-state index is 0.319. The molecule has 10 heavy (non-hydrogen) atoms. The summed E-state index contributed by atoms with van der Waals surface area (Å²) in [6, 6.07) is 0. The maximum absolute atomic E-state index is 3.55. The summed E-state index contributed by atoms with van der Waals surface area (Å²) in [5, 5.41) is 3.55. The summed E-state index contributed by atoms with van der Waals surface area (Å²) >= 11 is 0. The molecule has 0 bridgehead atoms. The standard InChI is InChI=1S/C8H18N2/c1-4-8(5-2)9-6-7-10(8)3/h9H,4-7H2,1-3H3. The first-order valence-corrected chi connectivity index (χ1v) is 4.21. The highest BCUT2D eigenvalue weighted by Crippen LogP contribution is 2.22. The Kier molecular flexibility index (Phi) is 2.32. The molecule has 60 valence electrons. The van der Waals surface area contributed by atoms with Crippen LogP contribution in [0.15, 0.2) is 0 Å². The van der Waals surface area contributed by atoms with Crippen LogP contribution in [0, 0.1) is 0 Å². The maximum atomic E-state index is 3.55. The smallest absolute Gasteiger partial charge is 0.0705 e. The van der Waals surface area contributed by atoms with Crippen molar-refractivity contribution in [2.24, 2.45) is 0 Å². The van der Waals surface area contributed by atoms with Gasteiger partial charge in [0, 0.05) is 13.1 Å². The second-order valence-electron chi connectivity index (χ2n) is 3.09. The van der Waals surface area contributed by atoms with Crippen molar-refractivity contribution in [3.8, 4) is 0 Å². The SMILES string of the molecule is CCC1(CC)NCCN1C. The Bertz CT molecular complexity index is 108. The Labute approximate surface area is 63.6 Å². The lowest BCUT2D eigenvalue weighted by Crippen LogP contribution is -2.48. The van der Waals surface area contributed by atoms with E-state index in [0.29, 0.717) is 5.66 Å². The molecule has 1 aliphatic heterocycles. The van der Waals surface area contributed by atoms with Crippen LogP contribution in [0.3, 0.4) is 0 Å². The number of rotatable bonds is 2. The van der Waals surface area contributed by atoms with Crippen LogP contribution in [0.1, 0.15) is 26.7 Å². The van der Waals surface area contributed by atoms with Gasteiger partial charge in [-0.1, -0.05) is 13.8 Å². The molecule has 2 heteroatoms. The van der Waals surface area contributed by atoms with Gasteiger partial charge in [0.1, 0.15) is 0 Å². The Balaban J connectivity index is 2.61. The average molecular weight is 142 g/mol. The van der Waals surface area contributed by atoms with Crippen molar-refractivity contribution < 1.29 is 0 Å². The van der Waals surface area contributed by atoms with E-state index in [0.717, 1.165) is 6.54 Å². The number of hydrogen-bond donors (Lipinski definition) is 1. The third kappa shape index (κ3) is 1.06. The summed E-state index contributed by atoms with van der Waals surface area (Å²) in [5.41, 5.74) is 0.319. The Morgan fingerprint density at radius 3 is 2.20 bits per heavy atom. The number of hydrogen-bond acceptors (Lipinski definition) is 2. The van der Waals surface area contributed by atoms with Gasteiger partial charge in [-0.15, -0.1) is 0 Å². The van der Waals surface area contributed by atoms with Crippen molar-refractivity contribution in [2.75, 3.05) is 20.1 Å². The van der Waals surface area contributed by atoms with Gasteiger partial charge in [-0.3, -0.25) is 10.2 Å². The van der Waals surface area contributed by atoms with E-state index in [9.17, 15) is 0 Å². The van der Waals surface area contributed by atoms with Crippen LogP contribution >= 0.6 is 0 Å². The van der Waals surface area contributed by atoms with Crippen LogP contribution in [-0.2, 0) is 0 Å². The summed E-state index contributed by atoms with van der Waals surface area (Å²) in [6.07, 6.45) is 2.42. The average Bonchev–Trinajstić information content (AvgIpc) is 2.32. The molecule has 0 aromatic heterocycles. The number of nitrogens with one attached hydrogen (secondary N) is 1. The molecule has 1 aliphatic rings. The van der Waals surface area contributed by atoms with Crippen LogP contribution in [0.5, 0.6) is 0 Å². The first-order valence-electron chi connectivity index (χ1n) is 4.21. The summed E-state index contributed by atoms with van der Waals surface area (Å²) in [7, 11) is 2.20. The molecule has 0 radical (unpaired) electrons. The molecule has 0 aromatic rings. The van der Waals surface area contributed by atoms with Crippen LogP contribution in [0.25, 0.3) is 0 Å². The topological polar surface area (TPSA) is 15.3 Å². The molecule has 0 aromatic carbocycles. The Morgan fingerprint density at radius 1 is 1.40 bits per heavy atom. The van der Waals surface area contributed by atoms with E-state index in [4.69, 9.17) is 0 Å². The van der Waals surface area contributed by atoms with Gasteiger partial charge in [-0.25, -0.2) is 0 Å². The monoisotopic (exact) mass is 142 g/mol. The van der Waals surface area contributed by atoms with Gasteiger partial charge in [0.15, 0.2) is 0 Å². The molecule has 1 saturated heterocycles. The lowest BCUT2D eigenvalue weighted by Gasteiger charge is -2.34. The van der Waals surface area contributed by atoms with Crippen molar-refractivity contribution in [3.05, 3.63) is 0 Å². The first-order chi connectivity index (χ1) is 4.75. The van der Waals surface area contributed by atoms with Crippen LogP contribution < -0.4 is 5.32 Å². The molecule has 1 rings (SSSR count). The van der Waals surface area contributed by atoms with Crippen molar-refractivity contribution in [1.82, 2.24) is 10.2 Å². The van der Waals surface area contributed by atoms with Gasteiger partial charge in [0.05, 0.1) is 5.66 Å². The van der Waals surface area contributed by atoms with E-state index in [1.165, 1.54) is 19.4 Å². The predicted molar refractivity (Wildman–Crippen MR) is 43.9 cm³/mol. The van der Waals surface area contributed by atoms with Crippen LogP contribution in [-0.4, -0.2) is 30.7 Å². The molecule has 0 amide bonds. The van der Waals surface area contributed by atoms with Crippen LogP contribution in [0.2, 0.25) is 0 Å². The fourth-order valence-corrected chi connectivity index (χ4v) is 1.85. The molecular formula is C8H18N2. The first kappa shape index (κ1) is 8.02. The zero-order valence-corrected chi connectivity index (χ0v) is 7.28. The van der Waals surface area contributed by atoms with E-state index in [1.807, 2.05) is 0 Å². The van der Waals surface area contributed by atoms with Crippen molar-refractivity contribution in [2.45, 2.75) is 32.4 Å². The van der Waals surface area contributed by atoms with Gasteiger partial charge in [0.2, 0.25) is 0 Å². The van der Waals surface area contributed by atoms with E-state index in [-0.39, 0.29) is 0 Å². The summed E-state index contributed by atoms with van der Waals surface area (Å²) in [5.74, 6) is 0. The van der Waals surface area contributed by atoms with E-state index < -0.39 is 0 Å². The molecule has 1 N–H and O–H groups in total. The minimum absolute atomic E-state index is 0.319. The van der Waals surface area contributed by atoms with Gasteiger partial charge in [-0.05, 0) is 19.9 Å². The summed E-state index contributed by atoms with van der Waals surface area (Å²) in [6.45, 7) is 6.84. The van der Waals surface area contributed by atoms with Gasteiger partial charge < -0.3 is 0 Å². The molecule has 0 aliphatic carbocycles. The number of nitrogens with zero attached hydrogens (tertiary/aromatic N) is 1. The largest absolute Gasteiger partial charge is 0.298 e. The zero-order chi connectivity index (χ0) is 7.61. The van der Waals surface area contributed by atoms with E-state index in [2.05, 4.69) is 31.1 Å². The van der Waals surface area contributed by atoms with Crippen molar-refractivity contribution in [1.29, 1.82) is 0 Å². The molecule has 0 spiro atoms. The summed E-state index contributed by atoms with van der Waals surface area (Å²) < 4.78 is 0. The Morgan fingerprint density at radius 2 is 2.00 bits per heavy atom. The highest BCUT2D eigenvalue weighted by Gasteiger charge is 2.34. The molecule has 1 heterocycles. The molecule has 0 unspecified atom stereocenters. The van der Waals surface area contributed by atoms with E-state index in [1.54, 1.807) is 0 Å². The van der Waals surface area contributed by atoms with Crippen molar-refractivity contribution in [3.63, 3.8) is 0 Å². The third-order valence-corrected chi connectivity index (χ3v) is 2.80. The van der Waals surface area contributed by atoms with Gasteiger partial charge in [-0.2, -0.15) is 0 Å². The summed E-state index contributed by atoms with van der Waals surface area (Å²) in [4.78, 5) is 2.42. The fourth-order valence-electron chi connectivity index (χ4n) is 1.85. The maximum Gasteiger partial charge on any atom is 0.0705 e. The minimum Gasteiger partial charge on any atom is -0.298 e. The lowest BCUT2D eigenvalue weighted by molar-refractivity contribution is 0.139. The second-order valence-corrected chi connectivity index (χ2v) is 3.09. The molecular weight excluding hydrogens is 124 g/mol. The predicted octanol–water partition coefficient (Wildman–Crippen LogP) is 1.04. The highest BCUT2D eigenvalue weighted by molar-refractivity contribution is 4.89. The lowest BCUT2D eigenvalue weighted by atomic mass is 10.0. The normalized spacial score (nSPS) is 25.5. The van der Waals surface area contributed by atoms with Gasteiger partial charge >= 0.3 is 0 Å². The quantitative estimate of drug-likeness (QED) is 0.619. The van der Waals surface area contributed by atoms with Gasteiger partial charge in [0.25, 0.3) is 0 Å². The van der Waals surface area contributed by atoms with E-state index >= 15 is 0 Å². The molecule has 1 fully saturated rings. The second kappa shape index (κ2) is 2.89. The molecule has 0 saturated carbocycles.